The molecule has 0 spiro atoms. The number of amides is 1. The van der Waals surface area contributed by atoms with E-state index in [-0.39, 0.29) is 6.04 Å². The van der Waals surface area contributed by atoms with Crippen LogP contribution in [0.15, 0.2) is 12.4 Å². The van der Waals surface area contributed by atoms with Crippen LogP contribution < -0.4 is 5.32 Å². The van der Waals surface area contributed by atoms with Gasteiger partial charge in [-0.3, -0.25) is 4.79 Å². The Morgan fingerprint density at radius 2 is 2.70 bits per heavy atom. The molecule has 1 atom stereocenters. The fraction of sp³-hybridized carbons (Fsp3) is 0.333. The summed E-state index contributed by atoms with van der Waals surface area (Å²) in [5.74, 6) is 0.739. The van der Waals surface area contributed by atoms with Crippen LogP contribution in [-0.4, -0.2) is 16.4 Å². The largest absolute Gasteiger partial charge is 0.347 e. The normalized spacial score (nSPS) is 12.5. The van der Waals surface area contributed by atoms with Crippen molar-refractivity contribution >= 4 is 6.41 Å². The first-order valence-corrected chi connectivity index (χ1v) is 2.96. The lowest BCUT2D eigenvalue weighted by molar-refractivity contribution is 0.525. The van der Waals surface area contributed by atoms with E-state index in [2.05, 4.69) is 15.3 Å². The summed E-state index contributed by atoms with van der Waals surface area (Å²) in [6, 6.07) is -0.0903. The first kappa shape index (κ1) is 6.80. The van der Waals surface area contributed by atoms with Gasteiger partial charge in [0.2, 0.25) is 0 Å². The monoisotopic (exact) mass is 138 g/mol. The van der Waals surface area contributed by atoms with Crippen LogP contribution >= 0.6 is 0 Å². The lowest BCUT2D eigenvalue weighted by Gasteiger charge is -2.03. The molecule has 0 aliphatic rings. The van der Waals surface area contributed by atoms with Gasteiger partial charge < -0.3 is 10.3 Å². The minimum absolute atomic E-state index is 0.0903. The van der Waals surface area contributed by atoms with Crippen LogP contribution in [0.4, 0.5) is 0 Å². The zero-order chi connectivity index (χ0) is 7.40. The molecule has 1 amide bonds. The number of carbonyl (C=O) groups excluding carboxylic acids is 1. The average molecular weight is 138 g/mol. The van der Waals surface area contributed by atoms with Crippen molar-refractivity contribution in [3.05, 3.63) is 18.2 Å². The van der Waals surface area contributed by atoms with Gasteiger partial charge in [-0.25, -0.2) is 4.98 Å². The summed E-state index contributed by atoms with van der Waals surface area (Å²) in [7, 11) is 0. The van der Waals surface area contributed by atoms with E-state index in [1.165, 1.54) is 0 Å². The van der Waals surface area contributed by atoms with Crippen LogP contribution in [0.1, 0.15) is 18.8 Å². The number of imidazole rings is 1. The smallest absolute Gasteiger partial charge is 0.309 e. The highest BCUT2D eigenvalue weighted by Crippen LogP contribution is 2.02. The second kappa shape index (κ2) is 3.00. The number of aromatic nitrogens is 2. The number of H-pyrrole nitrogens is 1. The van der Waals surface area contributed by atoms with Gasteiger partial charge in [0, 0.05) is 12.4 Å². The van der Waals surface area contributed by atoms with Crippen LogP contribution in [0.25, 0.3) is 0 Å². The van der Waals surface area contributed by atoms with E-state index in [1.807, 2.05) is 6.92 Å². The number of aromatic amines is 1. The van der Waals surface area contributed by atoms with Gasteiger partial charge in [-0.15, -0.1) is 0 Å². The molecule has 53 valence electrons. The van der Waals surface area contributed by atoms with Gasteiger partial charge in [0.1, 0.15) is 5.82 Å². The summed E-state index contributed by atoms with van der Waals surface area (Å²) in [4.78, 5) is 16.6. The van der Waals surface area contributed by atoms with Crippen molar-refractivity contribution in [2.45, 2.75) is 13.0 Å². The Labute approximate surface area is 58.7 Å². The van der Waals surface area contributed by atoms with Gasteiger partial charge in [0.25, 0.3) is 0 Å². The van der Waals surface area contributed by atoms with Crippen molar-refractivity contribution in [2.24, 2.45) is 0 Å². The second-order valence-electron chi connectivity index (χ2n) is 1.94. The van der Waals surface area contributed by atoms with Crippen LogP contribution in [0.5, 0.6) is 0 Å². The van der Waals surface area contributed by atoms with Gasteiger partial charge >= 0.3 is 6.41 Å². The van der Waals surface area contributed by atoms with Crippen molar-refractivity contribution < 1.29 is 4.79 Å². The zero-order valence-corrected chi connectivity index (χ0v) is 5.59. The molecule has 0 aliphatic carbocycles. The molecule has 1 aromatic heterocycles. The molecule has 1 aromatic rings. The fourth-order valence-electron chi connectivity index (χ4n) is 0.671. The molecule has 1 rings (SSSR count). The highest BCUT2D eigenvalue weighted by molar-refractivity contribution is 5.47. The van der Waals surface area contributed by atoms with E-state index < -0.39 is 0 Å². The summed E-state index contributed by atoms with van der Waals surface area (Å²) in [6.07, 6.45) is 4.94. The summed E-state index contributed by atoms with van der Waals surface area (Å²) < 4.78 is 0. The Morgan fingerprint density at radius 3 is 3.20 bits per heavy atom. The minimum Gasteiger partial charge on any atom is -0.347 e. The van der Waals surface area contributed by atoms with Gasteiger partial charge in [-0.05, 0) is 6.92 Å². The Hall–Kier alpha value is -1.32. The SMILES string of the molecule is CC(N[C]=O)c1ncc[nH]1. The highest BCUT2D eigenvalue weighted by atomic mass is 16.1. The molecular formula is C6H8N3O. The maximum absolute atomic E-state index is 9.83. The van der Waals surface area contributed by atoms with Gasteiger partial charge in [0.05, 0.1) is 6.04 Å². The molecule has 0 aromatic carbocycles. The molecule has 0 saturated heterocycles. The number of rotatable bonds is 3. The Bertz CT molecular complexity index is 195. The van der Waals surface area contributed by atoms with Crippen LogP contribution in [-0.2, 0) is 4.79 Å². The summed E-state index contributed by atoms with van der Waals surface area (Å²) in [6.45, 7) is 1.82. The number of nitrogens with zero attached hydrogens (tertiary/aromatic N) is 1. The standard InChI is InChI=1S/C6H8N3O/c1-5(9-4-10)6-7-2-3-8-6/h2-3,5H,1H3,(H,7,8)(H,9,10). The van der Waals surface area contributed by atoms with Crippen LogP contribution in [0.2, 0.25) is 0 Å². The number of nitrogens with one attached hydrogen (secondary N) is 2. The van der Waals surface area contributed by atoms with E-state index in [4.69, 9.17) is 0 Å². The lowest BCUT2D eigenvalue weighted by Crippen LogP contribution is -2.17. The van der Waals surface area contributed by atoms with Crippen LogP contribution in [0, 0.1) is 0 Å². The molecule has 1 unspecified atom stereocenters. The van der Waals surface area contributed by atoms with Crippen molar-refractivity contribution in [1.29, 1.82) is 0 Å². The molecule has 0 bridgehead atoms. The predicted molar refractivity (Wildman–Crippen MR) is 35.8 cm³/mol. The molecule has 4 nitrogen and oxygen atoms in total. The van der Waals surface area contributed by atoms with Gasteiger partial charge in [-0.1, -0.05) is 0 Å². The summed E-state index contributed by atoms with van der Waals surface area (Å²) in [5.41, 5.74) is 0. The minimum atomic E-state index is -0.0903. The Morgan fingerprint density at radius 1 is 1.90 bits per heavy atom. The molecule has 0 fully saturated rings. The van der Waals surface area contributed by atoms with Gasteiger partial charge in [0.15, 0.2) is 0 Å². The van der Waals surface area contributed by atoms with E-state index in [0.29, 0.717) is 0 Å². The maximum atomic E-state index is 9.83. The van der Waals surface area contributed by atoms with E-state index in [9.17, 15) is 4.79 Å². The molecule has 2 N–H and O–H groups in total. The quantitative estimate of drug-likeness (QED) is 0.583. The average Bonchev–Trinajstić information content (AvgIpc) is 2.38. The first-order valence-electron chi connectivity index (χ1n) is 2.96. The Balaban J connectivity index is 2.58. The summed E-state index contributed by atoms with van der Waals surface area (Å²) >= 11 is 0. The van der Waals surface area contributed by atoms with Crippen molar-refractivity contribution in [3.63, 3.8) is 0 Å². The molecule has 1 radical (unpaired) electrons. The maximum Gasteiger partial charge on any atom is 0.309 e. The summed E-state index contributed by atoms with van der Waals surface area (Å²) in [5, 5.41) is 2.45. The molecule has 10 heavy (non-hydrogen) atoms. The predicted octanol–water partition coefficient (Wildman–Crippen LogP) is 0.128. The molecular weight excluding hydrogens is 130 g/mol. The van der Waals surface area contributed by atoms with Crippen molar-refractivity contribution in [2.75, 3.05) is 0 Å². The second-order valence-corrected chi connectivity index (χ2v) is 1.94. The van der Waals surface area contributed by atoms with E-state index in [0.717, 1.165) is 5.82 Å². The van der Waals surface area contributed by atoms with Crippen molar-refractivity contribution in [1.82, 2.24) is 15.3 Å². The van der Waals surface area contributed by atoms with Crippen LogP contribution in [0.3, 0.4) is 0 Å². The molecule has 0 saturated carbocycles. The number of hydrogen-bond acceptors (Lipinski definition) is 2. The van der Waals surface area contributed by atoms with Gasteiger partial charge in [-0.2, -0.15) is 0 Å². The third-order valence-electron chi connectivity index (χ3n) is 1.20. The molecule has 1 heterocycles. The van der Waals surface area contributed by atoms with Crippen molar-refractivity contribution in [3.8, 4) is 0 Å². The molecule has 4 heteroatoms. The Kier molecular flexibility index (Phi) is 2.04. The molecule has 0 aliphatic heterocycles. The van der Waals surface area contributed by atoms with E-state index in [1.54, 1.807) is 18.8 Å². The zero-order valence-electron chi connectivity index (χ0n) is 5.59. The topological polar surface area (TPSA) is 57.8 Å². The highest BCUT2D eigenvalue weighted by Gasteiger charge is 2.03. The third kappa shape index (κ3) is 1.34. The fourth-order valence-corrected chi connectivity index (χ4v) is 0.671. The number of hydrogen-bond donors (Lipinski definition) is 2. The van der Waals surface area contributed by atoms with E-state index >= 15 is 0 Å². The first-order chi connectivity index (χ1) is 4.84. The lowest BCUT2D eigenvalue weighted by atomic mass is 10.3. The third-order valence-corrected chi connectivity index (χ3v) is 1.20.